The Balaban J connectivity index is 2.01. The van der Waals surface area contributed by atoms with E-state index >= 15 is 0 Å². The molecule has 1 saturated carbocycles. The minimum absolute atomic E-state index is 0.258. The van der Waals surface area contributed by atoms with Crippen LogP contribution in [0, 0.1) is 11.8 Å². The van der Waals surface area contributed by atoms with E-state index in [1.54, 1.807) is 0 Å². The molecule has 0 spiro atoms. The predicted molar refractivity (Wildman–Crippen MR) is 62.5 cm³/mol. The van der Waals surface area contributed by atoms with Gasteiger partial charge in [-0.2, -0.15) is 0 Å². The molecule has 84 valence electrons. The highest BCUT2D eigenvalue weighted by molar-refractivity contribution is 4.84. The normalized spacial score (nSPS) is 27.0. The molecule has 2 heteroatoms. The zero-order valence-electron chi connectivity index (χ0n) is 10.4. The first-order valence-electron chi connectivity index (χ1n) is 5.82. The molecule has 1 aliphatic carbocycles. The van der Waals surface area contributed by atoms with Crippen molar-refractivity contribution in [2.75, 3.05) is 26.7 Å². The van der Waals surface area contributed by atoms with Gasteiger partial charge in [0.15, 0.2) is 0 Å². The quantitative estimate of drug-likeness (QED) is 0.726. The summed E-state index contributed by atoms with van der Waals surface area (Å²) in [6.07, 6.45) is 1.44. The summed E-state index contributed by atoms with van der Waals surface area (Å²) in [7, 11) is 2.23. The second-order valence-corrected chi connectivity index (χ2v) is 5.91. The number of hydrogen-bond acceptors (Lipinski definition) is 2. The lowest BCUT2D eigenvalue weighted by atomic mass is 10.1. The average molecular weight is 198 g/mol. The van der Waals surface area contributed by atoms with Crippen LogP contribution in [0.3, 0.4) is 0 Å². The molecule has 1 rings (SSSR count). The lowest BCUT2D eigenvalue weighted by Crippen LogP contribution is -2.40. The second-order valence-electron chi connectivity index (χ2n) is 5.91. The number of likely N-dealkylation sites (N-methyl/N-ethyl adjacent to an activating group) is 1. The fraction of sp³-hybridized carbons (Fsp3) is 1.00. The van der Waals surface area contributed by atoms with Gasteiger partial charge in [-0.3, -0.25) is 0 Å². The topological polar surface area (TPSA) is 15.3 Å². The van der Waals surface area contributed by atoms with Crippen molar-refractivity contribution in [1.29, 1.82) is 0 Å². The summed E-state index contributed by atoms with van der Waals surface area (Å²) in [5.74, 6) is 1.96. The van der Waals surface area contributed by atoms with Gasteiger partial charge in [0.05, 0.1) is 0 Å². The van der Waals surface area contributed by atoms with Gasteiger partial charge < -0.3 is 10.2 Å². The van der Waals surface area contributed by atoms with E-state index in [2.05, 4.69) is 45.0 Å². The van der Waals surface area contributed by atoms with Gasteiger partial charge in [0, 0.05) is 25.2 Å². The minimum atomic E-state index is 0.258. The molecule has 1 aliphatic rings. The smallest absolute Gasteiger partial charge is 0.0104 e. The summed E-state index contributed by atoms with van der Waals surface area (Å²) in [6.45, 7) is 12.6. The zero-order chi connectivity index (χ0) is 10.8. The van der Waals surface area contributed by atoms with Crippen molar-refractivity contribution in [2.45, 2.75) is 39.7 Å². The molecule has 2 unspecified atom stereocenters. The fourth-order valence-electron chi connectivity index (χ4n) is 1.77. The summed E-state index contributed by atoms with van der Waals surface area (Å²) in [5.41, 5.74) is 0.258. The Morgan fingerprint density at radius 3 is 2.36 bits per heavy atom. The first kappa shape index (κ1) is 12.0. The molecule has 2 nitrogen and oxygen atoms in total. The summed E-state index contributed by atoms with van der Waals surface area (Å²) >= 11 is 0. The van der Waals surface area contributed by atoms with Crippen molar-refractivity contribution in [3.63, 3.8) is 0 Å². The molecule has 14 heavy (non-hydrogen) atoms. The van der Waals surface area contributed by atoms with Crippen molar-refractivity contribution in [2.24, 2.45) is 11.8 Å². The lowest BCUT2D eigenvalue weighted by molar-refractivity contribution is 0.295. The highest BCUT2D eigenvalue weighted by Crippen LogP contribution is 2.37. The maximum atomic E-state index is 3.52. The van der Waals surface area contributed by atoms with Gasteiger partial charge in [-0.15, -0.1) is 0 Å². The standard InChI is InChI=1S/C12H26N2/c1-10-8-11(10)9-14(5)7-6-13-12(2,3)4/h10-11,13H,6-9H2,1-5H3. The van der Waals surface area contributed by atoms with E-state index in [1.807, 2.05) is 0 Å². The minimum Gasteiger partial charge on any atom is -0.311 e. The highest BCUT2D eigenvalue weighted by atomic mass is 15.1. The van der Waals surface area contributed by atoms with Crippen LogP contribution in [0.25, 0.3) is 0 Å². The summed E-state index contributed by atoms with van der Waals surface area (Å²) in [5, 5.41) is 3.52. The van der Waals surface area contributed by atoms with Gasteiger partial charge in [0.2, 0.25) is 0 Å². The Morgan fingerprint density at radius 2 is 1.93 bits per heavy atom. The molecule has 0 heterocycles. The summed E-state index contributed by atoms with van der Waals surface area (Å²) < 4.78 is 0. The number of nitrogens with one attached hydrogen (secondary N) is 1. The Labute approximate surface area is 89.1 Å². The maximum Gasteiger partial charge on any atom is 0.0104 e. The van der Waals surface area contributed by atoms with E-state index in [-0.39, 0.29) is 5.54 Å². The molecule has 0 amide bonds. The molecule has 0 saturated heterocycles. The molecular weight excluding hydrogens is 172 g/mol. The Bertz CT molecular complexity index is 172. The molecule has 0 aromatic heterocycles. The van der Waals surface area contributed by atoms with E-state index in [0.29, 0.717) is 0 Å². The predicted octanol–water partition coefficient (Wildman–Crippen LogP) is 1.96. The zero-order valence-corrected chi connectivity index (χ0v) is 10.4. The van der Waals surface area contributed by atoms with Crippen LogP contribution in [0.15, 0.2) is 0 Å². The van der Waals surface area contributed by atoms with Crippen LogP contribution in [0.2, 0.25) is 0 Å². The second kappa shape index (κ2) is 4.63. The van der Waals surface area contributed by atoms with Crippen LogP contribution in [0.1, 0.15) is 34.1 Å². The first-order valence-corrected chi connectivity index (χ1v) is 5.82. The van der Waals surface area contributed by atoms with E-state index < -0.39 is 0 Å². The van der Waals surface area contributed by atoms with Gasteiger partial charge in [-0.05, 0) is 46.1 Å². The van der Waals surface area contributed by atoms with Gasteiger partial charge in [0.25, 0.3) is 0 Å². The van der Waals surface area contributed by atoms with E-state index in [0.717, 1.165) is 18.4 Å². The van der Waals surface area contributed by atoms with Crippen molar-refractivity contribution >= 4 is 0 Å². The Morgan fingerprint density at radius 1 is 1.36 bits per heavy atom. The molecule has 1 fully saturated rings. The Hall–Kier alpha value is -0.0800. The SMILES string of the molecule is CC1CC1CN(C)CCNC(C)(C)C. The molecule has 2 atom stereocenters. The average Bonchev–Trinajstić information content (AvgIpc) is 2.63. The van der Waals surface area contributed by atoms with Gasteiger partial charge in [-0.25, -0.2) is 0 Å². The number of nitrogens with zero attached hydrogens (tertiary/aromatic N) is 1. The first-order chi connectivity index (χ1) is 6.38. The molecule has 0 radical (unpaired) electrons. The number of hydrogen-bond donors (Lipinski definition) is 1. The summed E-state index contributed by atoms with van der Waals surface area (Å²) in [4.78, 5) is 2.45. The van der Waals surface area contributed by atoms with E-state index in [9.17, 15) is 0 Å². The molecule has 1 N–H and O–H groups in total. The lowest BCUT2D eigenvalue weighted by Gasteiger charge is -2.23. The maximum absolute atomic E-state index is 3.52. The monoisotopic (exact) mass is 198 g/mol. The van der Waals surface area contributed by atoms with E-state index in [4.69, 9.17) is 0 Å². The third-order valence-electron chi connectivity index (χ3n) is 2.97. The van der Waals surface area contributed by atoms with E-state index in [1.165, 1.54) is 19.5 Å². The van der Waals surface area contributed by atoms with Crippen LogP contribution in [-0.2, 0) is 0 Å². The highest BCUT2D eigenvalue weighted by Gasteiger charge is 2.32. The van der Waals surface area contributed by atoms with Crippen LogP contribution in [0.4, 0.5) is 0 Å². The van der Waals surface area contributed by atoms with Crippen LogP contribution in [0.5, 0.6) is 0 Å². The van der Waals surface area contributed by atoms with Crippen molar-refractivity contribution in [1.82, 2.24) is 10.2 Å². The Kier molecular flexibility index (Phi) is 3.96. The van der Waals surface area contributed by atoms with Gasteiger partial charge in [0.1, 0.15) is 0 Å². The molecular formula is C12H26N2. The number of rotatable bonds is 5. The van der Waals surface area contributed by atoms with Gasteiger partial charge in [-0.1, -0.05) is 6.92 Å². The van der Waals surface area contributed by atoms with Gasteiger partial charge >= 0.3 is 0 Å². The molecule has 0 bridgehead atoms. The summed E-state index contributed by atoms with van der Waals surface area (Å²) in [6, 6.07) is 0. The third kappa shape index (κ3) is 4.97. The van der Waals surface area contributed by atoms with Crippen molar-refractivity contribution in [3.05, 3.63) is 0 Å². The van der Waals surface area contributed by atoms with Crippen molar-refractivity contribution in [3.8, 4) is 0 Å². The van der Waals surface area contributed by atoms with Crippen LogP contribution < -0.4 is 5.32 Å². The van der Waals surface area contributed by atoms with Crippen LogP contribution in [-0.4, -0.2) is 37.1 Å². The fourth-order valence-corrected chi connectivity index (χ4v) is 1.77. The molecule has 0 aromatic rings. The van der Waals surface area contributed by atoms with Crippen molar-refractivity contribution < 1.29 is 0 Å². The molecule has 0 aromatic carbocycles. The largest absolute Gasteiger partial charge is 0.311 e. The third-order valence-corrected chi connectivity index (χ3v) is 2.97. The van der Waals surface area contributed by atoms with Crippen LogP contribution >= 0.6 is 0 Å². The molecule has 0 aliphatic heterocycles.